The average molecular weight is 779 g/mol. The number of hydrogen-bond donors (Lipinski definition) is 0. The van der Waals surface area contributed by atoms with E-state index in [1.165, 1.54) is 167 Å². The number of hydrogen-bond acceptors (Lipinski definition) is 6. The van der Waals surface area contributed by atoms with Gasteiger partial charge in [0.25, 0.3) is 0 Å². The lowest BCUT2D eigenvalue weighted by atomic mass is 10.0. The fourth-order valence-corrected chi connectivity index (χ4v) is 7.33. The molecule has 55 heavy (non-hydrogen) atoms. The lowest BCUT2D eigenvalue weighted by Gasteiger charge is -2.18. The van der Waals surface area contributed by atoms with Crippen LogP contribution in [0, 0.1) is 5.92 Å². The molecule has 6 heteroatoms. The molecule has 0 rings (SSSR count). The number of esters is 3. The molecule has 0 N–H and O–H groups in total. The fourth-order valence-electron chi connectivity index (χ4n) is 7.33. The second kappa shape index (κ2) is 43.5. The maximum atomic E-state index is 12.7. The van der Waals surface area contributed by atoms with Gasteiger partial charge in [-0.3, -0.25) is 14.4 Å². The third kappa shape index (κ3) is 43.4. The molecule has 0 fully saturated rings. The van der Waals surface area contributed by atoms with Gasteiger partial charge in [-0.15, -0.1) is 0 Å². The van der Waals surface area contributed by atoms with Crippen LogP contribution < -0.4 is 0 Å². The molecule has 0 aliphatic carbocycles. The highest BCUT2D eigenvalue weighted by Crippen LogP contribution is 2.16. The highest BCUT2D eigenvalue weighted by Gasteiger charge is 2.19. The SMILES string of the molecule is CCCCCCCCCCCCCCCC(=O)OC[C@H](COC(=O)CCCCCCCCCCCCCC)OC(=O)CCCCCCCCCCCC(C)C. The lowest BCUT2D eigenvalue weighted by molar-refractivity contribution is -0.167. The van der Waals surface area contributed by atoms with Crippen LogP contribution in [0.15, 0.2) is 0 Å². The van der Waals surface area contributed by atoms with Gasteiger partial charge in [-0.05, 0) is 25.2 Å². The molecule has 0 unspecified atom stereocenters. The van der Waals surface area contributed by atoms with Crippen LogP contribution in [0.25, 0.3) is 0 Å². The van der Waals surface area contributed by atoms with Crippen molar-refractivity contribution in [2.24, 2.45) is 5.92 Å². The zero-order valence-electron chi connectivity index (χ0n) is 37.4. The zero-order valence-corrected chi connectivity index (χ0v) is 37.4. The van der Waals surface area contributed by atoms with E-state index in [0.29, 0.717) is 19.3 Å². The summed E-state index contributed by atoms with van der Waals surface area (Å²) in [4.78, 5) is 37.8. The van der Waals surface area contributed by atoms with Crippen LogP contribution in [-0.2, 0) is 28.6 Å². The Morgan fingerprint density at radius 3 is 0.891 bits per heavy atom. The molecule has 1 atom stereocenters. The topological polar surface area (TPSA) is 78.9 Å². The minimum Gasteiger partial charge on any atom is -0.462 e. The number of rotatable bonds is 44. The third-order valence-electron chi connectivity index (χ3n) is 11.0. The highest BCUT2D eigenvalue weighted by molar-refractivity contribution is 5.71. The summed E-state index contributed by atoms with van der Waals surface area (Å²) in [5.41, 5.74) is 0. The molecule has 0 aliphatic heterocycles. The highest BCUT2D eigenvalue weighted by atomic mass is 16.6. The molecule has 0 aromatic rings. The molecule has 0 amide bonds. The molecular weight excluding hydrogens is 685 g/mol. The summed E-state index contributed by atoms with van der Waals surface area (Å²) < 4.78 is 16.8. The van der Waals surface area contributed by atoms with Crippen molar-refractivity contribution in [1.29, 1.82) is 0 Å². The Morgan fingerprint density at radius 2 is 0.600 bits per heavy atom. The average Bonchev–Trinajstić information content (AvgIpc) is 3.17. The van der Waals surface area contributed by atoms with E-state index >= 15 is 0 Å². The number of carbonyl (C=O) groups excluding carboxylic acids is 3. The Morgan fingerprint density at radius 1 is 0.345 bits per heavy atom. The summed E-state index contributed by atoms with van der Waals surface area (Å²) in [6.45, 7) is 8.99. The van der Waals surface area contributed by atoms with Crippen molar-refractivity contribution in [3.63, 3.8) is 0 Å². The Labute approximate surface area is 342 Å². The predicted molar refractivity (Wildman–Crippen MR) is 233 cm³/mol. The van der Waals surface area contributed by atoms with Crippen LogP contribution >= 0.6 is 0 Å². The molecule has 0 saturated heterocycles. The summed E-state index contributed by atoms with van der Waals surface area (Å²) in [6, 6.07) is 0. The van der Waals surface area contributed by atoms with E-state index in [1.807, 2.05) is 0 Å². The Hall–Kier alpha value is -1.59. The van der Waals surface area contributed by atoms with Crippen molar-refractivity contribution in [3.05, 3.63) is 0 Å². The maximum Gasteiger partial charge on any atom is 0.306 e. The first-order valence-corrected chi connectivity index (χ1v) is 24.4. The molecule has 0 radical (unpaired) electrons. The largest absolute Gasteiger partial charge is 0.462 e. The molecule has 0 saturated carbocycles. The molecule has 6 nitrogen and oxygen atoms in total. The minimum atomic E-state index is -0.760. The zero-order chi connectivity index (χ0) is 40.3. The van der Waals surface area contributed by atoms with Crippen LogP contribution in [0.3, 0.4) is 0 Å². The van der Waals surface area contributed by atoms with Gasteiger partial charge >= 0.3 is 17.9 Å². The van der Waals surface area contributed by atoms with Crippen LogP contribution in [0.2, 0.25) is 0 Å². The summed E-state index contributed by atoms with van der Waals surface area (Å²) in [6.07, 6.45) is 43.7. The van der Waals surface area contributed by atoms with Gasteiger partial charge in [0.1, 0.15) is 13.2 Å². The normalized spacial score (nSPS) is 11.9. The first kappa shape index (κ1) is 53.4. The van der Waals surface area contributed by atoms with Crippen molar-refractivity contribution in [2.75, 3.05) is 13.2 Å². The quantitative estimate of drug-likeness (QED) is 0.0348. The number of ether oxygens (including phenoxy) is 3. The summed E-state index contributed by atoms with van der Waals surface area (Å²) in [7, 11) is 0. The van der Waals surface area contributed by atoms with Crippen LogP contribution in [0.1, 0.15) is 272 Å². The van der Waals surface area contributed by atoms with Crippen molar-refractivity contribution < 1.29 is 28.6 Å². The monoisotopic (exact) mass is 779 g/mol. The smallest absolute Gasteiger partial charge is 0.306 e. The Bertz CT molecular complexity index is 826. The van der Waals surface area contributed by atoms with E-state index in [4.69, 9.17) is 14.2 Å². The molecule has 0 aliphatic rings. The van der Waals surface area contributed by atoms with Crippen LogP contribution in [0.5, 0.6) is 0 Å². The van der Waals surface area contributed by atoms with E-state index in [9.17, 15) is 14.4 Å². The van der Waals surface area contributed by atoms with E-state index in [1.54, 1.807) is 0 Å². The van der Waals surface area contributed by atoms with Gasteiger partial charge < -0.3 is 14.2 Å². The molecule has 0 aromatic heterocycles. The third-order valence-corrected chi connectivity index (χ3v) is 11.0. The second-order valence-corrected chi connectivity index (χ2v) is 17.2. The van der Waals surface area contributed by atoms with Gasteiger partial charge in [0, 0.05) is 19.3 Å². The van der Waals surface area contributed by atoms with Gasteiger partial charge in [-0.2, -0.15) is 0 Å². The summed E-state index contributed by atoms with van der Waals surface area (Å²) >= 11 is 0. The first-order valence-electron chi connectivity index (χ1n) is 24.4. The van der Waals surface area contributed by atoms with Crippen molar-refractivity contribution in [1.82, 2.24) is 0 Å². The van der Waals surface area contributed by atoms with E-state index in [0.717, 1.165) is 63.7 Å². The summed E-state index contributed by atoms with van der Waals surface area (Å²) in [5, 5.41) is 0. The summed E-state index contributed by atoms with van der Waals surface area (Å²) in [5.74, 6) is -0.0439. The number of carbonyl (C=O) groups is 3. The van der Waals surface area contributed by atoms with Crippen LogP contribution in [0.4, 0.5) is 0 Å². The fraction of sp³-hybridized carbons (Fsp3) is 0.939. The van der Waals surface area contributed by atoms with E-state index in [2.05, 4.69) is 27.7 Å². The van der Waals surface area contributed by atoms with Gasteiger partial charge in [0.05, 0.1) is 0 Å². The van der Waals surface area contributed by atoms with Gasteiger partial charge in [0.15, 0.2) is 6.10 Å². The molecule has 0 heterocycles. The van der Waals surface area contributed by atoms with Crippen molar-refractivity contribution in [3.8, 4) is 0 Å². The Balaban J connectivity index is 4.32. The van der Waals surface area contributed by atoms with E-state index < -0.39 is 6.10 Å². The van der Waals surface area contributed by atoms with Gasteiger partial charge in [-0.1, -0.05) is 233 Å². The molecule has 0 bridgehead atoms. The minimum absolute atomic E-state index is 0.0634. The number of unbranched alkanes of at least 4 members (excludes halogenated alkanes) is 31. The molecule has 0 aromatic carbocycles. The molecule has 326 valence electrons. The Kier molecular flexibility index (Phi) is 42.3. The first-order chi connectivity index (χ1) is 26.9. The van der Waals surface area contributed by atoms with E-state index in [-0.39, 0.29) is 31.1 Å². The molecule has 0 spiro atoms. The van der Waals surface area contributed by atoms with Crippen LogP contribution in [-0.4, -0.2) is 37.2 Å². The van der Waals surface area contributed by atoms with Gasteiger partial charge in [-0.25, -0.2) is 0 Å². The standard InChI is InChI=1S/C49H94O6/c1-5-7-9-11-13-15-17-19-21-25-29-33-37-41-48(51)54-44-46(55-49(52)42-38-34-30-26-22-23-27-31-35-39-45(3)4)43-53-47(50)40-36-32-28-24-20-18-16-14-12-10-8-6-2/h45-46H,5-44H2,1-4H3/t46-/m0/s1. The predicted octanol–water partition coefficient (Wildman–Crippen LogP) is 15.5. The second-order valence-electron chi connectivity index (χ2n) is 17.2. The maximum absolute atomic E-state index is 12.7. The van der Waals surface area contributed by atoms with Gasteiger partial charge in [0.2, 0.25) is 0 Å². The van der Waals surface area contributed by atoms with Crippen molar-refractivity contribution >= 4 is 17.9 Å². The molecular formula is C49H94O6. The van der Waals surface area contributed by atoms with Crippen molar-refractivity contribution in [2.45, 2.75) is 278 Å². The lowest BCUT2D eigenvalue weighted by Crippen LogP contribution is -2.30.